The van der Waals surface area contributed by atoms with Crippen LogP contribution >= 0.6 is 0 Å². The van der Waals surface area contributed by atoms with Crippen molar-refractivity contribution in [3.05, 3.63) is 59.7 Å². The number of halogens is 2. The lowest BCUT2D eigenvalue weighted by Crippen LogP contribution is -2.13. The molecule has 1 saturated carbocycles. The van der Waals surface area contributed by atoms with E-state index in [4.69, 9.17) is 0 Å². The van der Waals surface area contributed by atoms with Crippen LogP contribution in [0.1, 0.15) is 125 Å². The molecule has 0 amide bonds. The van der Waals surface area contributed by atoms with E-state index < -0.39 is 11.6 Å². The molecule has 0 spiro atoms. The van der Waals surface area contributed by atoms with Gasteiger partial charge in [-0.05, 0) is 66.3 Å². The van der Waals surface area contributed by atoms with E-state index in [0.29, 0.717) is 5.92 Å². The van der Waals surface area contributed by atoms with Crippen LogP contribution in [-0.2, 0) is 0 Å². The molecule has 0 aliphatic heterocycles. The van der Waals surface area contributed by atoms with Crippen LogP contribution in [0.25, 0.3) is 11.1 Å². The molecule has 0 radical (unpaired) electrons. The molecule has 2 heteroatoms. The van der Waals surface area contributed by atoms with Crippen LogP contribution in [0.3, 0.4) is 0 Å². The fourth-order valence-corrected chi connectivity index (χ4v) is 4.09. The maximum absolute atomic E-state index is 13.4. The first-order valence-electron chi connectivity index (χ1n) is 13.7. The van der Waals surface area contributed by atoms with Gasteiger partial charge in [0.2, 0.25) is 0 Å². The van der Waals surface area contributed by atoms with E-state index in [1.807, 2.05) is 67.5 Å². The van der Waals surface area contributed by atoms with Gasteiger partial charge in [-0.3, -0.25) is 0 Å². The molecule has 0 aromatic heterocycles. The van der Waals surface area contributed by atoms with Crippen LogP contribution < -0.4 is 0 Å². The smallest absolute Gasteiger partial charge is 0.159 e. The fourth-order valence-electron chi connectivity index (χ4n) is 4.09. The monoisotopic (exact) mass is 462 g/mol. The molecule has 1 fully saturated rings. The Kier molecular flexibility index (Phi) is 22.4. The second-order valence-corrected chi connectivity index (χ2v) is 7.46. The standard InChI is InChI=1S/C23H28F2.4C2H6/c1-2-3-4-5-17-6-8-18(9-7-17)19-10-12-20(13-11-19)21-14-15-22(24)23(25)16-21;4*1-2/h10-18H,2-9H2,1H3;4*1-2H3. The Morgan fingerprint density at radius 3 is 1.64 bits per heavy atom. The zero-order valence-corrected chi connectivity index (χ0v) is 23.1. The summed E-state index contributed by atoms with van der Waals surface area (Å²) < 4.78 is 26.5. The number of rotatable bonds is 6. The average molecular weight is 463 g/mol. The number of benzene rings is 2. The summed E-state index contributed by atoms with van der Waals surface area (Å²) in [6.45, 7) is 18.3. The van der Waals surface area contributed by atoms with E-state index in [0.717, 1.165) is 17.0 Å². The predicted molar refractivity (Wildman–Crippen MR) is 146 cm³/mol. The molecule has 0 unspecified atom stereocenters. The summed E-state index contributed by atoms with van der Waals surface area (Å²) in [5, 5.41) is 0. The first kappa shape index (κ1) is 33.5. The third kappa shape index (κ3) is 12.4. The van der Waals surface area contributed by atoms with Gasteiger partial charge >= 0.3 is 0 Å². The molecule has 190 valence electrons. The van der Waals surface area contributed by atoms with E-state index in [9.17, 15) is 8.78 Å². The van der Waals surface area contributed by atoms with Gasteiger partial charge in [-0.15, -0.1) is 0 Å². The minimum atomic E-state index is -0.795. The molecule has 33 heavy (non-hydrogen) atoms. The van der Waals surface area contributed by atoms with Gasteiger partial charge in [0.15, 0.2) is 11.6 Å². The largest absolute Gasteiger partial charge is 0.204 e. The van der Waals surface area contributed by atoms with Crippen molar-refractivity contribution >= 4 is 0 Å². The van der Waals surface area contributed by atoms with Crippen molar-refractivity contribution in [3.8, 4) is 11.1 Å². The van der Waals surface area contributed by atoms with Crippen LogP contribution in [0.4, 0.5) is 8.78 Å². The molecular formula is C31H52F2. The topological polar surface area (TPSA) is 0 Å². The van der Waals surface area contributed by atoms with Crippen molar-refractivity contribution in [2.24, 2.45) is 5.92 Å². The van der Waals surface area contributed by atoms with Gasteiger partial charge in [0.05, 0.1) is 0 Å². The van der Waals surface area contributed by atoms with Gasteiger partial charge in [-0.25, -0.2) is 8.78 Å². The highest BCUT2D eigenvalue weighted by atomic mass is 19.2. The summed E-state index contributed by atoms with van der Waals surface area (Å²) in [5.41, 5.74) is 3.05. The summed E-state index contributed by atoms with van der Waals surface area (Å²) in [7, 11) is 0. The lowest BCUT2D eigenvalue weighted by atomic mass is 9.77. The van der Waals surface area contributed by atoms with E-state index in [2.05, 4.69) is 19.1 Å². The van der Waals surface area contributed by atoms with Crippen molar-refractivity contribution < 1.29 is 8.78 Å². The third-order valence-corrected chi connectivity index (χ3v) is 5.70. The zero-order valence-electron chi connectivity index (χ0n) is 23.1. The van der Waals surface area contributed by atoms with Crippen molar-refractivity contribution in [1.82, 2.24) is 0 Å². The summed E-state index contributed by atoms with van der Waals surface area (Å²) in [4.78, 5) is 0. The Morgan fingerprint density at radius 2 is 1.15 bits per heavy atom. The summed E-state index contributed by atoms with van der Waals surface area (Å²) in [5.74, 6) is -0.00951. The molecule has 1 aliphatic carbocycles. The summed E-state index contributed by atoms with van der Waals surface area (Å²) in [6, 6.07) is 12.5. The Bertz CT molecular complexity index is 668. The van der Waals surface area contributed by atoms with Gasteiger partial charge in [-0.2, -0.15) is 0 Å². The van der Waals surface area contributed by atoms with E-state index in [-0.39, 0.29) is 0 Å². The molecule has 0 N–H and O–H groups in total. The van der Waals surface area contributed by atoms with Crippen molar-refractivity contribution in [1.29, 1.82) is 0 Å². The van der Waals surface area contributed by atoms with Crippen molar-refractivity contribution in [3.63, 3.8) is 0 Å². The highest BCUT2D eigenvalue weighted by molar-refractivity contribution is 5.63. The number of unbranched alkanes of at least 4 members (excludes halogenated alkanes) is 2. The second-order valence-electron chi connectivity index (χ2n) is 7.46. The molecule has 0 atom stereocenters. The Hall–Kier alpha value is -1.70. The summed E-state index contributed by atoms with van der Waals surface area (Å²) in [6.07, 6.45) is 10.7. The predicted octanol–water partition coefficient (Wildman–Crippen LogP) is 11.6. The van der Waals surface area contributed by atoms with Crippen LogP contribution in [0.5, 0.6) is 0 Å². The minimum absolute atomic E-state index is 0.654. The molecule has 2 aromatic carbocycles. The van der Waals surface area contributed by atoms with Crippen LogP contribution in [0.15, 0.2) is 42.5 Å². The number of hydrogen-bond acceptors (Lipinski definition) is 0. The van der Waals surface area contributed by atoms with Gasteiger partial charge in [0.1, 0.15) is 0 Å². The first-order chi connectivity index (χ1) is 16.2. The lowest BCUT2D eigenvalue weighted by molar-refractivity contribution is 0.303. The highest BCUT2D eigenvalue weighted by Crippen LogP contribution is 2.38. The van der Waals surface area contributed by atoms with Gasteiger partial charge in [0, 0.05) is 0 Å². The lowest BCUT2D eigenvalue weighted by Gasteiger charge is -2.29. The maximum atomic E-state index is 13.4. The minimum Gasteiger partial charge on any atom is -0.204 e. The summed E-state index contributed by atoms with van der Waals surface area (Å²) >= 11 is 0. The number of hydrogen-bond donors (Lipinski definition) is 0. The SMILES string of the molecule is CC.CC.CC.CC.CCCCCC1CCC(c2ccc(-c3ccc(F)c(F)c3)cc2)CC1. The molecule has 0 bridgehead atoms. The van der Waals surface area contributed by atoms with Crippen LogP contribution in [0.2, 0.25) is 0 Å². The zero-order chi connectivity index (χ0) is 25.6. The molecule has 0 heterocycles. The fraction of sp³-hybridized carbons (Fsp3) is 0.613. The quantitative estimate of drug-likeness (QED) is 0.374. The molecule has 0 saturated heterocycles. The van der Waals surface area contributed by atoms with Gasteiger partial charge in [-0.1, -0.05) is 118 Å². The highest BCUT2D eigenvalue weighted by Gasteiger charge is 2.22. The molecule has 2 aromatic rings. The van der Waals surface area contributed by atoms with Gasteiger partial charge < -0.3 is 0 Å². The Morgan fingerprint density at radius 1 is 0.636 bits per heavy atom. The molecule has 0 nitrogen and oxygen atoms in total. The molecular weight excluding hydrogens is 410 g/mol. The third-order valence-electron chi connectivity index (χ3n) is 5.70. The Labute approximate surface area is 205 Å². The van der Waals surface area contributed by atoms with E-state index in [1.54, 1.807) is 6.07 Å². The molecule has 1 aliphatic rings. The van der Waals surface area contributed by atoms with Crippen LogP contribution in [-0.4, -0.2) is 0 Å². The van der Waals surface area contributed by atoms with Crippen LogP contribution in [0, 0.1) is 17.6 Å². The van der Waals surface area contributed by atoms with Gasteiger partial charge in [0.25, 0.3) is 0 Å². The second kappa shape index (κ2) is 22.1. The normalized spacial score (nSPS) is 16.3. The Balaban J connectivity index is 0. The maximum Gasteiger partial charge on any atom is 0.159 e. The van der Waals surface area contributed by atoms with Crippen molar-refractivity contribution in [2.45, 2.75) is 120 Å². The average Bonchev–Trinajstić information content (AvgIpc) is 2.91. The van der Waals surface area contributed by atoms with E-state index in [1.165, 1.54) is 69.1 Å². The van der Waals surface area contributed by atoms with Crippen molar-refractivity contribution in [2.75, 3.05) is 0 Å². The van der Waals surface area contributed by atoms with E-state index >= 15 is 0 Å². The first-order valence-corrected chi connectivity index (χ1v) is 13.7. The molecule has 3 rings (SSSR count).